The van der Waals surface area contributed by atoms with Crippen molar-refractivity contribution in [2.45, 2.75) is 247 Å². The highest BCUT2D eigenvalue weighted by Gasteiger charge is 2.43. The van der Waals surface area contributed by atoms with Gasteiger partial charge < -0.3 is 18.9 Å². The highest BCUT2D eigenvalue weighted by molar-refractivity contribution is 7.13. The Bertz CT molecular complexity index is 2140. The number of hydrogen-bond donors (Lipinski definition) is 0. The number of benzene rings is 2. The van der Waals surface area contributed by atoms with Gasteiger partial charge in [-0.2, -0.15) is 0 Å². The molecule has 1 heterocycles. The van der Waals surface area contributed by atoms with Crippen molar-refractivity contribution in [2.75, 3.05) is 26.4 Å². The summed E-state index contributed by atoms with van der Waals surface area (Å²) in [6.07, 6.45) is 18.1. The van der Waals surface area contributed by atoms with Gasteiger partial charge in [0, 0.05) is 24.3 Å². The maximum absolute atomic E-state index is 6.62. The van der Waals surface area contributed by atoms with Crippen molar-refractivity contribution in [3.05, 3.63) is 68.4 Å². The third kappa shape index (κ3) is 19.6. The quantitative estimate of drug-likeness (QED) is 0.0379. The van der Waals surface area contributed by atoms with Crippen LogP contribution in [0.5, 0.6) is 23.0 Å². The molecule has 1 aromatic heterocycles. The molecule has 0 bridgehead atoms. The van der Waals surface area contributed by atoms with Crippen LogP contribution in [-0.2, 0) is 0 Å². The number of unbranched alkanes of at least 4 members (excludes halogenated alkanes) is 12. The molecule has 0 atom stereocenters. The average Bonchev–Trinajstić information content (AvgIpc) is 3.80. The van der Waals surface area contributed by atoms with Gasteiger partial charge in [0.2, 0.25) is 0 Å². The van der Waals surface area contributed by atoms with Gasteiger partial charge in [-0.05, 0) is 71.1 Å². The highest BCUT2D eigenvalue weighted by atomic mass is 32.1. The van der Waals surface area contributed by atoms with Crippen LogP contribution in [0.3, 0.4) is 0 Å². The van der Waals surface area contributed by atoms with E-state index in [2.05, 4.69) is 194 Å². The Labute approximate surface area is 455 Å². The molecule has 0 saturated carbocycles. The summed E-state index contributed by atoms with van der Waals surface area (Å²) < 4.78 is 26.5. The van der Waals surface area contributed by atoms with E-state index in [-0.39, 0.29) is 0 Å². The van der Waals surface area contributed by atoms with E-state index >= 15 is 0 Å². The zero-order valence-electron chi connectivity index (χ0n) is 49.1. The Morgan fingerprint density at radius 2 is 0.589 bits per heavy atom. The third-order valence-corrected chi connectivity index (χ3v) is 28.5. The van der Waals surface area contributed by atoms with Crippen LogP contribution in [0.4, 0.5) is 0 Å². The van der Waals surface area contributed by atoms with Crippen molar-refractivity contribution in [1.29, 1.82) is 0 Å². The molecule has 3 rings (SSSR count). The van der Waals surface area contributed by atoms with Crippen LogP contribution in [0.2, 0.25) is 33.2 Å². The minimum absolute atomic E-state index is 0.530. The molecular formula is C66H100O4SSi2. The lowest BCUT2D eigenvalue weighted by Crippen LogP contribution is -2.43. The van der Waals surface area contributed by atoms with Gasteiger partial charge >= 0.3 is 0 Å². The molecular weight excluding hydrogens is 945 g/mol. The summed E-state index contributed by atoms with van der Waals surface area (Å²) in [5, 5.41) is 0. The second-order valence-corrected chi connectivity index (χ2v) is 34.5. The lowest BCUT2D eigenvalue weighted by molar-refractivity contribution is 0.295. The summed E-state index contributed by atoms with van der Waals surface area (Å²) in [7, 11) is -4.00. The Kier molecular flexibility index (Phi) is 29.3. The number of hydrogen-bond acceptors (Lipinski definition) is 5. The van der Waals surface area contributed by atoms with E-state index in [9.17, 15) is 0 Å². The number of rotatable bonds is 30. The first-order valence-electron chi connectivity index (χ1n) is 29.1. The fourth-order valence-corrected chi connectivity index (χ4v) is 21.9. The van der Waals surface area contributed by atoms with E-state index < -0.39 is 16.1 Å². The van der Waals surface area contributed by atoms with Gasteiger partial charge in [-0.1, -0.05) is 223 Å². The summed E-state index contributed by atoms with van der Waals surface area (Å²) in [4.78, 5) is 1.88. The summed E-state index contributed by atoms with van der Waals surface area (Å²) in [6.45, 7) is 40.0. The molecule has 0 aliphatic heterocycles. The molecule has 4 nitrogen and oxygen atoms in total. The maximum atomic E-state index is 6.62. The average molecular weight is 1050 g/mol. The van der Waals surface area contributed by atoms with Crippen molar-refractivity contribution in [2.24, 2.45) is 0 Å². The molecule has 0 radical (unpaired) electrons. The first-order valence-corrected chi connectivity index (χ1v) is 34.4. The lowest BCUT2D eigenvalue weighted by Gasteiger charge is -2.38. The topological polar surface area (TPSA) is 36.9 Å². The van der Waals surface area contributed by atoms with Gasteiger partial charge in [0.1, 0.15) is 39.1 Å². The fourth-order valence-electron chi connectivity index (χ4n) is 10.8. The Balaban J connectivity index is 2.20. The van der Waals surface area contributed by atoms with E-state index in [1.54, 1.807) is 11.3 Å². The minimum Gasteiger partial charge on any atom is -0.492 e. The van der Waals surface area contributed by atoms with Crippen LogP contribution in [0, 0.1) is 46.6 Å². The zero-order chi connectivity index (χ0) is 53.8. The van der Waals surface area contributed by atoms with Crippen LogP contribution in [0.25, 0.3) is 0 Å². The summed E-state index contributed by atoms with van der Waals surface area (Å²) in [5.41, 5.74) is 14.6. The molecule has 2 aromatic carbocycles. The summed E-state index contributed by atoms with van der Waals surface area (Å²) in [6, 6.07) is 12.6. The van der Waals surface area contributed by atoms with Crippen molar-refractivity contribution < 1.29 is 18.9 Å². The van der Waals surface area contributed by atoms with Gasteiger partial charge in [0.25, 0.3) is 0 Å². The number of thiophene rings is 1. The third-order valence-electron chi connectivity index (χ3n) is 15.0. The molecule has 3 aromatic rings. The van der Waals surface area contributed by atoms with Crippen LogP contribution >= 0.6 is 11.3 Å². The van der Waals surface area contributed by atoms with E-state index in [0.29, 0.717) is 59.7 Å². The van der Waals surface area contributed by atoms with E-state index in [1.165, 1.54) is 51.4 Å². The van der Waals surface area contributed by atoms with Crippen LogP contribution in [0.1, 0.15) is 246 Å². The van der Waals surface area contributed by atoms with Gasteiger partial charge in [-0.3, -0.25) is 0 Å². The van der Waals surface area contributed by atoms with Crippen molar-refractivity contribution in [3.8, 4) is 69.6 Å². The molecule has 0 N–H and O–H groups in total. The first-order chi connectivity index (χ1) is 35.0. The Morgan fingerprint density at radius 1 is 0.342 bits per heavy atom. The predicted octanol–water partition coefficient (Wildman–Crippen LogP) is 19.5. The molecule has 0 fully saturated rings. The van der Waals surface area contributed by atoms with Gasteiger partial charge in [-0.25, -0.2) is 0 Å². The first kappa shape index (κ1) is 63.3. The highest BCUT2D eigenvalue weighted by Crippen LogP contribution is 2.43. The van der Waals surface area contributed by atoms with Crippen molar-refractivity contribution in [1.82, 2.24) is 0 Å². The van der Waals surface area contributed by atoms with Gasteiger partial charge in [0.15, 0.2) is 0 Å². The molecule has 402 valence electrons. The summed E-state index contributed by atoms with van der Waals surface area (Å²) >= 11 is 1.61. The molecule has 0 saturated heterocycles. The molecule has 0 aliphatic carbocycles. The van der Waals surface area contributed by atoms with E-state index in [4.69, 9.17) is 18.9 Å². The Morgan fingerprint density at radius 3 is 0.822 bits per heavy atom. The maximum Gasteiger partial charge on any atom is 0.146 e. The normalized spacial score (nSPS) is 11.6. The molecule has 0 unspecified atom stereocenters. The fraction of sp³-hybridized carbons (Fsp3) is 0.636. The van der Waals surface area contributed by atoms with Crippen molar-refractivity contribution in [3.63, 3.8) is 0 Å². The summed E-state index contributed by atoms with van der Waals surface area (Å²) in [5.74, 6) is 24.7. The van der Waals surface area contributed by atoms with Crippen molar-refractivity contribution >= 4 is 27.5 Å². The molecule has 7 heteroatoms. The largest absolute Gasteiger partial charge is 0.492 e. The van der Waals surface area contributed by atoms with Crippen LogP contribution in [0.15, 0.2) is 36.4 Å². The monoisotopic (exact) mass is 1040 g/mol. The van der Waals surface area contributed by atoms with Gasteiger partial charge in [0.05, 0.1) is 58.4 Å². The molecule has 73 heavy (non-hydrogen) atoms. The smallest absolute Gasteiger partial charge is 0.146 e. The van der Waals surface area contributed by atoms with Crippen LogP contribution in [-0.4, -0.2) is 42.6 Å². The Hall–Kier alpha value is -3.99. The lowest BCUT2D eigenvalue weighted by atomic mass is 10.1. The van der Waals surface area contributed by atoms with Gasteiger partial charge in [-0.15, -0.1) is 22.4 Å². The standard InChI is InChI=1S/C66H100O4SSi2/c1-17-21-25-29-41-67-63-49-59(39-45-72(51(5)6,52(7)8)53(9)10)65(69-43-31-27-23-19-3)47-57(63)33-35-61-37-38-62(71-61)36-34-58-48-66(70-44-32-28-24-20-4)60(50-64(58)68-42-30-26-22-18-2)40-46-73(54(11)12,55(13)14)56(15)16/h37-38,47-56H,17-32,41-44H2,1-16H3. The minimum atomic E-state index is -2.00. The molecule has 0 spiro atoms. The second kappa shape index (κ2) is 33.8. The molecule has 0 amide bonds. The zero-order valence-corrected chi connectivity index (χ0v) is 51.9. The van der Waals surface area contributed by atoms with Crippen LogP contribution < -0.4 is 18.9 Å². The number of ether oxygens (including phenoxy) is 4. The SMILES string of the molecule is CCCCCCOc1cc(C#C[Si](C(C)C)(C(C)C)C(C)C)c(OCCCCCC)cc1C#Cc1ccc(C#Cc2cc(OCCCCCC)c(C#C[Si](C(C)C)(C(C)C)C(C)C)cc2OCCCCCC)s1. The van der Waals surface area contributed by atoms with E-state index in [0.717, 1.165) is 106 Å². The predicted molar refractivity (Wildman–Crippen MR) is 324 cm³/mol. The van der Waals surface area contributed by atoms with E-state index in [1.807, 2.05) is 0 Å². The molecule has 0 aliphatic rings. The second-order valence-electron chi connectivity index (χ2n) is 22.3.